The van der Waals surface area contributed by atoms with Crippen LogP contribution in [0, 0.1) is 68.0 Å². The number of benzene rings is 1. The number of nitrogens with one attached hydrogen (secondary N) is 1. The molecule has 1 N–H and O–H groups in total. The van der Waals surface area contributed by atoms with E-state index in [9.17, 15) is 21.0 Å². The first kappa shape index (κ1) is 18.3. The summed E-state index contributed by atoms with van der Waals surface area (Å²) in [4.78, 5) is 0. The third kappa shape index (κ3) is 2.50. The van der Waals surface area contributed by atoms with E-state index in [1.54, 1.807) is 0 Å². The van der Waals surface area contributed by atoms with Gasteiger partial charge in [-0.05, 0) is 30.4 Å². The summed E-state index contributed by atoms with van der Waals surface area (Å²) in [5.74, 6) is -0.434. The van der Waals surface area contributed by atoms with Crippen LogP contribution >= 0.6 is 0 Å². The molecule has 5 nitrogen and oxygen atoms in total. The molecule has 0 aliphatic heterocycles. The van der Waals surface area contributed by atoms with Crippen LogP contribution in [-0.2, 0) is 0 Å². The lowest BCUT2D eigenvalue weighted by Crippen LogP contribution is -2.45. The molecule has 25 heavy (non-hydrogen) atoms. The number of hydrogen-bond donors (Lipinski definition) is 1. The molecule has 0 bridgehead atoms. The zero-order valence-corrected chi connectivity index (χ0v) is 14.5. The van der Waals surface area contributed by atoms with Gasteiger partial charge in [0.2, 0.25) is 0 Å². The van der Waals surface area contributed by atoms with Crippen LogP contribution in [0.15, 0.2) is 30.3 Å². The maximum atomic E-state index is 9.95. The number of anilines is 1. The summed E-state index contributed by atoms with van der Waals surface area (Å²) in [7, 11) is 0. The molecule has 0 heterocycles. The van der Waals surface area contributed by atoms with Gasteiger partial charge in [-0.25, -0.2) is 0 Å². The molecule has 3 atom stereocenters. The van der Waals surface area contributed by atoms with Gasteiger partial charge in [0.25, 0.3) is 0 Å². The van der Waals surface area contributed by atoms with Gasteiger partial charge in [-0.2, -0.15) is 21.0 Å². The highest BCUT2D eigenvalue weighted by atomic mass is 15.0. The molecule has 2 rings (SSSR count). The van der Waals surface area contributed by atoms with Gasteiger partial charge in [0, 0.05) is 5.69 Å². The van der Waals surface area contributed by atoms with Crippen molar-refractivity contribution in [2.24, 2.45) is 22.7 Å². The highest BCUT2D eigenvalue weighted by Crippen LogP contribution is 2.61. The van der Waals surface area contributed by atoms with E-state index in [1.807, 2.05) is 44.2 Å². The van der Waals surface area contributed by atoms with Crippen LogP contribution < -0.4 is 5.32 Å². The van der Waals surface area contributed by atoms with Crippen molar-refractivity contribution < 1.29 is 0 Å². The Kier molecular flexibility index (Phi) is 5.32. The predicted octanol–water partition coefficient (Wildman–Crippen LogP) is 3.99. The van der Waals surface area contributed by atoms with Crippen molar-refractivity contribution in [1.29, 1.82) is 21.0 Å². The molecule has 0 radical (unpaired) electrons. The van der Waals surface area contributed by atoms with Crippen molar-refractivity contribution in [1.82, 2.24) is 0 Å². The van der Waals surface area contributed by atoms with Crippen molar-refractivity contribution in [2.45, 2.75) is 39.2 Å². The summed E-state index contributed by atoms with van der Waals surface area (Å²) in [6, 6.07) is 17.1. The zero-order chi connectivity index (χ0) is 18.5. The van der Waals surface area contributed by atoms with Crippen LogP contribution in [0.2, 0.25) is 0 Å². The third-order valence-electron chi connectivity index (χ3n) is 5.46. The molecular weight excluding hydrogens is 310 g/mol. The molecule has 3 unspecified atom stereocenters. The standard InChI is InChI=1S/C20H21N5/c1-3-8-17-16(4-2)18(25-15-9-6-5-7-10-15)20(13-23,14-24)19(17,11-21)12-22/h5-7,9-10,16-18,25H,3-4,8H2,1-2H3. The van der Waals surface area contributed by atoms with Crippen molar-refractivity contribution in [3.8, 4) is 24.3 Å². The lowest BCUT2D eigenvalue weighted by molar-refractivity contribution is 0.238. The molecule has 0 saturated heterocycles. The van der Waals surface area contributed by atoms with Crippen LogP contribution in [0.4, 0.5) is 5.69 Å². The lowest BCUT2D eigenvalue weighted by Gasteiger charge is -2.31. The first-order valence-corrected chi connectivity index (χ1v) is 8.57. The normalized spacial score (nSPS) is 25.8. The fraction of sp³-hybridized carbons (Fsp3) is 0.500. The number of nitriles is 4. The third-order valence-corrected chi connectivity index (χ3v) is 5.46. The highest BCUT2D eigenvalue weighted by molar-refractivity contribution is 5.51. The Hall–Kier alpha value is -3.02. The van der Waals surface area contributed by atoms with Crippen LogP contribution in [0.3, 0.4) is 0 Å². The summed E-state index contributed by atoms with van der Waals surface area (Å²) in [6.07, 6.45) is 2.11. The number of rotatable bonds is 5. The van der Waals surface area contributed by atoms with E-state index in [0.29, 0.717) is 12.8 Å². The Labute approximate surface area is 149 Å². The molecule has 0 amide bonds. The SMILES string of the molecule is CCCC1C(CC)C(Nc2ccccc2)C(C#N)(C#N)C1(C#N)C#N. The predicted molar refractivity (Wildman–Crippen MR) is 93.3 cm³/mol. The van der Waals surface area contributed by atoms with E-state index in [0.717, 1.165) is 12.1 Å². The number of nitrogens with zero attached hydrogens (tertiary/aromatic N) is 4. The summed E-state index contributed by atoms with van der Waals surface area (Å²) < 4.78 is 0. The summed E-state index contributed by atoms with van der Waals surface area (Å²) >= 11 is 0. The number of hydrogen-bond acceptors (Lipinski definition) is 5. The second-order valence-electron chi connectivity index (χ2n) is 6.52. The summed E-state index contributed by atoms with van der Waals surface area (Å²) in [6.45, 7) is 3.97. The highest BCUT2D eigenvalue weighted by Gasteiger charge is 2.71. The largest absolute Gasteiger partial charge is 0.379 e. The second kappa shape index (κ2) is 7.25. The van der Waals surface area contributed by atoms with E-state index < -0.39 is 16.9 Å². The van der Waals surface area contributed by atoms with Crippen LogP contribution in [0.25, 0.3) is 0 Å². The lowest BCUT2D eigenvalue weighted by atomic mass is 9.63. The van der Waals surface area contributed by atoms with Crippen molar-refractivity contribution >= 4 is 5.69 Å². The average molecular weight is 331 g/mol. The van der Waals surface area contributed by atoms with Crippen molar-refractivity contribution in [2.75, 3.05) is 5.32 Å². The molecule has 0 spiro atoms. The van der Waals surface area contributed by atoms with Crippen LogP contribution in [-0.4, -0.2) is 6.04 Å². The molecule has 1 aliphatic carbocycles. The van der Waals surface area contributed by atoms with E-state index in [4.69, 9.17) is 0 Å². The van der Waals surface area contributed by atoms with Gasteiger partial charge in [0.1, 0.15) is 0 Å². The van der Waals surface area contributed by atoms with Gasteiger partial charge in [-0.15, -0.1) is 0 Å². The van der Waals surface area contributed by atoms with Gasteiger partial charge >= 0.3 is 0 Å². The Morgan fingerprint density at radius 2 is 1.48 bits per heavy atom. The summed E-state index contributed by atoms with van der Waals surface area (Å²) in [5.41, 5.74) is -2.57. The maximum Gasteiger partial charge on any atom is 0.195 e. The van der Waals surface area contributed by atoms with Gasteiger partial charge in [-0.3, -0.25) is 0 Å². The van der Waals surface area contributed by atoms with E-state index in [-0.39, 0.29) is 11.8 Å². The minimum absolute atomic E-state index is 0.112. The quantitative estimate of drug-likeness (QED) is 0.877. The fourth-order valence-electron chi connectivity index (χ4n) is 4.31. The molecule has 1 fully saturated rings. The van der Waals surface area contributed by atoms with Crippen molar-refractivity contribution in [3.63, 3.8) is 0 Å². The fourth-order valence-corrected chi connectivity index (χ4v) is 4.31. The Balaban J connectivity index is 2.67. The smallest absolute Gasteiger partial charge is 0.195 e. The van der Waals surface area contributed by atoms with Gasteiger partial charge in [-0.1, -0.05) is 44.9 Å². The molecular formula is C20H21N5. The molecule has 5 heteroatoms. The molecule has 126 valence electrons. The van der Waals surface area contributed by atoms with Gasteiger partial charge < -0.3 is 5.32 Å². The Morgan fingerprint density at radius 3 is 1.92 bits per heavy atom. The molecule has 1 aliphatic rings. The first-order chi connectivity index (χ1) is 12.1. The van der Waals surface area contributed by atoms with Gasteiger partial charge in [0.15, 0.2) is 10.8 Å². The Morgan fingerprint density at radius 1 is 0.920 bits per heavy atom. The molecule has 1 aromatic rings. The number of para-hydroxylation sites is 1. The minimum atomic E-state index is -1.72. The minimum Gasteiger partial charge on any atom is -0.379 e. The topological polar surface area (TPSA) is 107 Å². The van der Waals surface area contributed by atoms with Crippen molar-refractivity contribution in [3.05, 3.63) is 30.3 Å². The zero-order valence-electron chi connectivity index (χ0n) is 14.5. The van der Waals surface area contributed by atoms with Crippen LogP contribution in [0.5, 0.6) is 0 Å². The van der Waals surface area contributed by atoms with Crippen LogP contribution in [0.1, 0.15) is 33.1 Å². The monoisotopic (exact) mass is 331 g/mol. The van der Waals surface area contributed by atoms with E-state index in [1.165, 1.54) is 0 Å². The van der Waals surface area contributed by atoms with E-state index in [2.05, 4.69) is 29.6 Å². The summed E-state index contributed by atoms with van der Waals surface area (Å²) in [5, 5.41) is 43.0. The van der Waals surface area contributed by atoms with Gasteiger partial charge in [0.05, 0.1) is 30.3 Å². The first-order valence-electron chi connectivity index (χ1n) is 8.57. The maximum absolute atomic E-state index is 9.95. The van der Waals surface area contributed by atoms with E-state index >= 15 is 0 Å². The molecule has 1 aromatic carbocycles. The Bertz CT molecular complexity index is 744. The average Bonchev–Trinajstić information content (AvgIpc) is 2.88. The second-order valence-corrected chi connectivity index (χ2v) is 6.52. The molecule has 1 saturated carbocycles. The molecule has 0 aromatic heterocycles.